The molecule has 0 fully saturated rings. The number of carbonyl (C=O) groups is 1. The Balaban J connectivity index is 3.28. The number of rotatable bonds is 5. The summed E-state index contributed by atoms with van der Waals surface area (Å²) < 4.78 is 38.1. The first kappa shape index (κ1) is 16.3. The molecular formula is C13H18F3N3O. The maximum Gasteiger partial charge on any atom is 0.433 e. The molecule has 1 aromatic rings. The normalized spacial score (nSPS) is 13.1. The Morgan fingerprint density at radius 3 is 2.50 bits per heavy atom. The van der Waals surface area contributed by atoms with Gasteiger partial charge in [0.15, 0.2) is 0 Å². The lowest BCUT2D eigenvalue weighted by Gasteiger charge is -2.27. The highest BCUT2D eigenvalue weighted by Crippen LogP contribution is 2.31. The number of alkyl halides is 3. The van der Waals surface area contributed by atoms with Crippen LogP contribution >= 0.6 is 0 Å². The minimum atomic E-state index is -4.56. The summed E-state index contributed by atoms with van der Waals surface area (Å²) in [5.41, 5.74) is 4.15. The van der Waals surface area contributed by atoms with Crippen molar-refractivity contribution in [1.82, 2.24) is 4.98 Å². The fourth-order valence-corrected chi connectivity index (χ4v) is 1.89. The highest BCUT2D eigenvalue weighted by atomic mass is 19.4. The molecule has 0 aliphatic rings. The maximum absolute atomic E-state index is 12.7. The number of primary amides is 1. The standard InChI is InChI=1S/C13H18F3N3O/c1-4-5-8(2)19(3)12-9(11(17)20)6-7-10(18-12)13(14,15)16/h6-8H,4-5H2,1-3H3,(H2,17,20). The van der Waals surface area contributed by atoms with E-state index in [2.05, 4.69) is 4.98 Å². The quantitative estimate of drug-likeness (QED) is 0.906. The summed E-state index contributed by atoms with van der Waals surface area (Å²) in [5, 5.41) is 0. The Bertz CT molecular complexity index is 488. The first-order valence-corrected chi connectivity index (χ1v) is 6.29. The molecule has 0 aliphatic heterocycles. The number of carbonyl (C=O) groups excluding carboxylic acids is 1. The fraction of sp³-hybridized carbons (Fsp3) is 0.538. The molecule has 1 rings (SSSR count). The number of pyridine rings is 1. The molecule has 0 radical (unpaired) electrons. The zero-order valence-corrected chi connectivity index (χ0v) is 11.7. The summed E-state index contributed by atoms with van der Waals surface area (Å²) in [6.45, 7) is 3.83. The van der Waals surface area contributed by atoms with Crippen LogP contribution in [-0.4, -0.2) is 24.0 Å². The van der Waals surface area contributed by atoms with E-state index in [4.69, 9.17) is 5.73 Å². The van der Waals surface area contributed by atoms with Crippen LogP contribution < -0.4 is 10.6 Å². The van der Waals surface area contributed by atoms with Crippen molar-refractivity contribution in [3.63, 3.8) is 0 Å². The number of anilines is 1. The number of amides is 1. The first-order valence-electron chi connectivity index (χ1n) is 6.29. The Labute approximate surface area is 115 Å². The van der Waals surface area contributed by atoms with Gasteiger partial charge in [-0.1, -0.05) is 13.3 Å². The van der Waals surface area contributed by atoms with Gasteiger partial charge in [-0.3, -0.25) is 4.79 Å². The van der Waals surface area contributed by atoms with Gasteiger partial charge >= 0.3 is 6.18 Å². The Hall–Kier alpha value is -1.79. The van der Waals surface area contributed by atoms with Crippen LogP contribution in [-0.2, 0) is 6.18 Å². The van der Waals surface area contributed by atoms with E-state index in [0.29, 0.717) is 0 Å². The molecular weight excluding hydrogens is 271 g/mol. The van der Waals surface area contributed by atoms with E-state index >= 15 is 0 Å². The molecule has 1 atom stereocenters. The van der Waals surface area contributed by atoms with Crippen LogP contribution in [0.4, 0.5) is 19.0 Å². The van der Waals surface area contributed by atoms with Gasteiger partial charge in [0.1, 0.15) is 11.5 Å². The predicted octanol–water partition coefficient (Wildman–Crippen LogP) is 2.82. The summed E-state index contributed by atoms with van der Waals surface area (Å²) in [7, 11) is 1.61. The number of halogens is 3. The summed E-state index contributed by atoms with van der Waals surface area (Å²) in [6.07, 6.45) is -2.91. The molecule has 1 heterocycles. The first-order chi connectivity index (χ1) is 9.18. The van der Waals surface area contributed by atoms with Crippen LogP contribution in [0.25, 0.3) is 0 Å². The van der Waals surface area contributed by atoms with Gasteiger partial charge in [-0.2, -0.15) is 13.2 Å². The highest BCUT2D eigenvalue weighted by molar-refractivity contribution is 5.97. The van der Waals surface area contributed by atoms with Gasteiger partial charge < -0.3 is 10.6 Å². The summed E-state index contributed by atoms with van der Waals surface area (Å²) in [5.74, 6) is -0.829. The van der Waals surface area contributed by atoms with E-state index in [1.807, 2.05) is 13.8 Å². The minimum Gasteiger partial charge on any atom is -0.365 e. The third-order valence-electron chi connectivity index (χ3n) is 3.13. The van der Waals surface area contributed by atoms with Crippen molar-refractivity contribution >= 4 is 11.7 Å². The Morgan fingerprint density at radius 1 is 1.45 bits per heavy atom. The fourth-order valence-electron chi connectivity index (χ4n) is 1.89. The summed E-state index contributed by atoms with van der Waals surface area (Å²) in [6, 6.07) is 1.79. The largest absolute Gasteiger partial charge is 0.433 e. The van der Waals surface area contributed by atoms with Crippen LogP contribution in [0.2, 0.25) is 0 Å². The van der Waals surface area contributed by atoms with E-state index in [9.17, 15) is 18.0 Å². The van der Waals surface area contributed by atoms with Gasteiger partial charge in [0.25, 0.3) is 5.91 Å². The van der Waals surface area contributed by atoms with Crippen molar-refractivity contribution in [3.8, 4) is 0 Å². The monoisotopic (exact) mass is 289 g/mol. The molecule has 0 aromatic carbocycles. The van der Waals surface area contributed by atoms with Crippen LogP contribution in [0.3, 0.4) is 0 Å². The number of aromatic nitrogens is 1. The van der Waals surface area contributed by atoms with Crippen LogP contribution in [0, 0.1) is 0 Å². The highest BCUT2D eigenvalue weighted by Gasteiger charge is 2.34. The Kier molecular flexibility index (Phi) is 4.97. The average Bonchev–Trinajstić information content (AvgIpc) is 2.36. The lowest BCUT2D eigenvalue weighted by molar-refractivity contribution is -0.141. The third kappa shape index (κ3) is 3.61. The smallest absolute Gasteiger partial charge is 0.365 e. The van der Waals surface area contributed by atoms with E-state index in [0.717, 1.165) is 25.0 Å². The molecule has 1 aromatic heterocycles. The summed E-state index contributed by atoms with van der Waals surface area (Å²) >= 11 is 0. The maximum atomic E-state index is 12.7. The van der Waals surface area contributed by atoms with E-state index in [-0.39, 0.29) is 17.4 Å². The molecule has 0 aliphatic carbocycles. The topological polar surface area (TPSA) is 59.2 Å². The number of hydrogen-bond donors (Lipinski definition) is 1. The molecule has 7 heteroatoms. The Morgan fingerprint density at radius 2 is 2.05 bits per heavy atom. The van der Waals surface area contributed by atoms with Crippen molar-refractivity contribution < 1.29 is 18.0 Å². The molecule has 4 nitrogen and oxygen atoms in total. The number of nitrogens with two attached hydrogens (primary N) is 1. The van der Waals surface area contributed by atoms with E-state index < -0.39 is 17.8 Å². The molecule has 112 valence electrons. The molecule has 0 saturated heterocycles. The minimum absolute atomic E-state index is 0.0107. The third-order valence-corrected chi connectivity index (χ3v) is 3.13. The second-order valence-electron chi connectivity index (χ2n) is 4.68. The van der Waals surface area contributed by atoms with Crippen LogP contribution in [0.5, 0.6) is 0 Å². The van der Waals surface area contributed by atoms with Crippen LogP contribution in [0.1, 0.15) is 42.7 Å². The lowest BCUT2D eigenvalue weighted by Crippen LogP contribution is -2.32. The molecule has 1 unspecified atom stereocenters. The van der Waals surface area contributed by atoms with Crippen molar-refractivity contribution in [1.29, 1.82) is 0 Å². The number of nitrogens with zero attached hydrogens (tertiary/aromatic N) is 2. The molecule has 0 bridgehead atoms. The molecule has 1 amide bonds. The molecule has 20 heavy (non-hydrogen) atoms. The van der Waals surface area contributed by atoms with Gasteiger partial charge in [0.05, 0.1) is 5.56 Å². The zero-order chi connectivity index (χ0) is 15.5. The zero-order valence-electron chi connectivity index (χ0n) is 11.7. The SMILES string of the molecule is CCCC(C)N(C)c1nc(C(F)(F)F)ccc1C(N)=O. The molecule has 0 spiro atoms. The second-order valence-corrected chi connectivity index (χ2v) is 4.68. The van der Waals surface area contributed by atoms with Crippen molar-refractivity contribution in [2.45, 2.75) is 38.9 Å². The molecule has 2 N–H and O–H groups in total. The average molecular weight is 289 g/mol. The lowest BCUT2D eigenvalue weighted by atomic mass is 10.1. The van der Waals surface area contributed by atoms with E-state index in [1.54, 1.807) is 11.9 Å². The van der Waals surface area contributed by atoms with Gasteiger partial charge in [-0.25, -0.2) is 4.98 Å². The van der Waals surface area contributed by atoms with Crippen molar-refractivity contribution in [3.05, 3.63) is 23.4 Å². The van der Waals surface area contributed by atoms with Gasteiger partial charge in [0.2, 0.25) is 0 Å². The predicted molar refractivity (Wildman–Crippen MR) is 70.5 cm³/mol. The molecule has 0 saturated carbocycles. The van der Waals surface area contributed by atoms with Gasteiger partial charge in [0, 0.05) is 13.1 Å². The van der Waals surface area contributed by atoms with Crippen LogP contribution in [0.15, 0.2) is 12.1 Å². The summed E-state index contributed by atoms with van der Waals surface area (Å²) in [4.78, 5) is 16.5. The van der Waals surface area contributed by atoms with E-state index in [1.165, 1.54) is 0 Å². The second kappa shape index (κ2) is 6.11. The van der Waals surface area contributed by atoms with Crippen molar-refractivity contribution in [2.24, 2.45) is 5.73 Å². The number of hydrogen-bond acceptors (Lipinski definition) is 3. The van der Waals surface area contributed by atoms with Crippen molar-refractivity contribution in [2.75, 3.05) is 11.9 Å². The van der Waals surface area contributed by atoms with Gasteiger partial charge in [-0.15, -0.1) is 0 Å². The van der Waals surface area contributed by atoms with Gasteiger partial charge in [-0.05, 0) is 25.5 Å².